The van der Waals surface area contributed by atoms with E-state index in [4.69, 9.17) is 5.11 Å². The zero-order valence-electron chi connectivity index (χ0n) is 11.3. The molecule has 0 bridgehead atoms. The molecule has 0 aromatic carbocycles. The van der Waals surface area contributed by atoms with Crippen LogP contribution in [0.5, 0.6) is 0 Å². The van der Waals surface area contributed by atoms with E-state index in [9.17, 15) is 9.59 Å². The zero-order chi connectivity index (χ0) is 14.0. The number of aliphatic carboxylic acids is 1. The molecular formula is C14H20N2O3. The number of amides is 1. The average Bonchev–Trinajstić information content (AvgIpc) is 2.96. The van der Waals surface area contributed by atoms with Crippen LogP contribution < -0.4 is 5.32 Å². The molecule has 2 unspecified atom stereocenters. The third-order valence-corrected chi connectivity index (χ3v) is 3.72. The van der Waals surface area contributed by atoms with Gasteiger partial charge in [0, 0.05) is 18.3 Å². The second-order valence-corrected chi connectivity index (χ2v) is 5.35. The van der Waals surface area contributed by atoms with Gasteiger partial charge in [-0.25, -0.2) is 0 Å². The number of hydrogen-bond donors (Lipinski definition) is 2. The molecule has 1 heterocycles. The first-order valence-electron chi connectivity index (χ1n) is 6.71. The van der Waals surface area contributed by atoms with Crippen molar-refractivity contribution >= 4 is 11.9 Å². The summed E-state index contributed by atoms with van der Waals surface area (Å²) >= 11 is 0. The van der Waals surface area contributed by atoms with E-state index in [1.807, 2.05) is 30.7 Å². The highest BCUT2D eigenvalue weighted by molar-refractivity contribution is 5.93. The summed E-state index contributed by atoms with van der Waals surface area (Å²) < 4.78 is 1.89. The molecule has 2 rings (SSSR count). The minimum Gasteiger partial charge on any atom is -0.481 e. The van der Waals surface area contributed by atoms with Crippen molar-refractivity contribution in [2.45, 2.75) is 45.2 Å². The number of hydrogen-bond acceptors (Lipinski definition) is 2. The van der Waals surface area contributed by atoms with Crippen LogP contribution in [0.2, 0.25) is 0 Å². The monoisotopic (exact) mass is 264 g/mol. The summed E-state index contributed by atoms with van der Waals surface area (Å²) in [5, 5.41) is 12.0. The standard InChI is InChI=1S/C14H20N2O3/c1-9(2)16-8-4-7-12(16)13(17)15-11-6-3-5-10(11)14(18)19/h4,7-11H,3,5-6H2,1-2H3,(H,15,17)(H,18,19). The van der Waals surface area contributed by atoms with E-state index in [1.165, 1.54) is 0 Å². The number of carboxylic acid groups (broad SMARTS) is 1. The van der Waals surface area contributed by atoms with Crippen LogP contribution in [0, 0.1) is 5.92 Å². The summed E-state index contributed by atoms with van der Waals surface area (Å²) in [6.45, 7) is 4.01. The first-order chi connectivity index (χ1) is 9.00. The molecule has 1 fully saturated rings. The van der Waals surface area contributed by atoms with Gasteiger partial charge >= 0.3 is 5.97 Å². The van der Waals surface area contributed by atoms with E-state index in [-0.39, 0.29) is 18.0 Å². The smallest absolute Gasteiger partial charge is 0.308 e. The molecule has 2 N–H and O–H groups in total. The minimum atomic E-state index is -0.818. The summed E-state index contributed by atoms with van der Waals surface area (Å²) in [7, 11) is 0. The maximum Gasteiger partial charge on any atom is 0.308 e. The van der Waals surface area contributed by atoms with Gasteiger partial charge in [-0.3, -0.25) is 9.59 Å². The Kier molecular flexibility index (Phi) is 3.93. The number of carboxylic acids is 1. The lowest BCUT2D eigenvalue weighted by molar-refractivity contribution is -0.142. The van der Waals surface area contributed by atoms with Crippen LogP contribution in [0.1, 0.15) is 49.6 Å². The lowest BCUT2D eigenvalue weighted by Gasteiger charge is -2.19. The quantitative estimate of drug-likeness (QED) is 0.874. The van der Waals surface area contributed by atoms with E-state index < -0.39 is 11.9 Å². The van der Waals surface area contributed by atoms with E-state index in [1.54, 1.807) is 6.07 Å². The van der Waals surface area contributed by atoms with Crippen molar-refractivity contribution in [3.05, 3.63) is 24.0 Å². The van der Waals surface area contributed by atoms with Crippen LogP contribution in [0.15, 0.2) is 18.3 Å². The lowest BCUT2D eigenvalue weighted by Crippen LogP contribution is -2.40. The number of carbonyl (C=O) groups excluding carboxylic acids is 1. The van der Waals surface area contributed by atoms with E-state index in [0.29, 0.717) is 12.1 Å². The van der Waals surface area contributed by atoms with Crippen LogP contribution in [-0.2, 0) is 4.79 Å². The first-order valence-corrected chi connectivity index (χ1v) is 6.71. The largest absolute Gasteiger partial charge is 0.481 e. The maximum absolute atomic E-state index is 12.2. The molecule has 104 valence electrons. The number of rotatable bonds is 4. The Hall–Kier alpha value is -1.78. The van der Waals surface area contributed by atoms with E-state index in [2.05, 4.69) is 5.32 Å². The molecular weight excluding hydrogens is 244 g/mol. The van der Waals surface area contributed by atoms with Gasteiger partial charge in [-0.1, -0.05) is 6.42 Å². The molecule has 0 spiro atoms. The van der Waals surface area contributed by atoms with Crippen molar-refractivity contribution in [3.63, 3.8) is 0 Å². The normalized spacial score (nSPS) is 22.7. The molecule has 2 atom stereocenters. The van der Waals surface area contributed by atoms with E-state index in [0.717, 1.165) is 12.8 Å². The van der Waals surface area contributed by atoms with Gasteiger partial charge < -0.3 is 15.0 Å². The summed E-state index contributed by atoms with van der Waals surface area (Å²) in [5.74, 6) is -1.45. The van der Waals surface area contributed by atoms with Crippen molar-refractivity contribution in [1.29, 1.82) is 0 Å². The number of nitrogens with zero attached hydrogens (tertiary/aromatic N) is 1. The third-order valence-electron chi connectivity index (χ3n) is 3.72. The Morgan fingerprint density at radius 2 is 2.16 bits per heavy atom. The maximum atomic E-state index is 12.2. The van der Waals surface area contributed by atoms with Gasteiger partial charge in [-0.2, -0.15) is 0 Å². The SMILES string of the molecule is CC(C)n1cccc1C(=O)NC1CCCC1C(=O)O. The Labute approximate surface area is 112 Å². The van der Waals surface area contributed by atoms with Gasteiger partial charge in [-0.15, -0.1) is 0 Å². The molecule has 0 aliphatic heterocycles. The highest BCUT2D eigenvalue weighted by atomic mass is 16.4. The van der Waals surface area contributed by atoms with Crippen molar-refractivity contribution in [1.82, 2.24) is 9.88 Å². The average molecular weight is 264 g/mol. The molecule has 19 heavy (non-hydrogen) atoms. The van der Waals surface area contributed by atoms with Crippen LogP contribution in [0.4, 0.5) is 0 Å². The van der Waals surface area contributed by atoms with E-state index >= 15 is 0 Å². The van der Waals surface area contributed by atoms with Crippen molar-refractivity contribution in [2.75, 3.05) is 0 Å². The highest BCUT2D eigenvalue weighted by Gasteiger charge is 2.34. The van der Waals surface area contributed by atoms with Crippen LogP contribution in [-0.4, -0.2) is 27.6 Å². The third kappa shape index (κ3) is 2.80. The van der Waals surface area contributed by atoms with Crippen molar-refractivity contribution < 1.29 is 14.7 Å². The molecule has 0 radical (unpaired) electrons. The first kappa shape index (κ1) is 13.6. The van der Waals surface area contributed by atoms with Gasteiger partial charge in [0.2, 0.25) is 0 Å². The molecule has 0 saturated heterocycles. The second-order valence-electron chi connectivity index (χ2n) is 5.35. The number of aromatic nitrogens is 1. The fraction of sp³-hybridized carbons (Fsp3) is 0.571. The molecule has 5 nitrogen and oxygen atoms in total. The predicted octanol–water partition coefficient (Wildman–Crippen LogP) is 2.05. The molecule has 1 saturated carbocycles. The highest BCUT2D eigenvalue weighted by Crippen LogP contribution is 2.26. The Morgan fingerprint density at radius 3 is 2.79 bits per heavy atom. The van der Waals surface area contributed by atoms with Crippen molar-refractivity contribution in [3.8, 4) is 0 Å². The molecule has 1 aromatic heterocycles. The van der Waals surface area contributed by atoms with Crippen LogP contribution >= 0.6 is 0 Å². The molecule has 1 amide bonds. The summed E-state index contributed by atoms with van der Waals surface area (Å²) in [6, 6.07) is 3.55. The fourth-order valence-corrected chi connectivity index (χ4v) is 2.71. The minimum absolute atomic E-state index is 0.183. The summed E-state index contributed by atoms with van der Waals surface area (Å²) in [6.07, 6.45) is 4.10. The molecule has 5 heteroatoms. The van der Waals surface area contributed by atoms with Crippen molar-refractivity contribution in [2.24, 2.45) is 5.92 Å². The zero-order valence-corrected chi connectivity index (χ0v) is 11.3. The number of carbonyl (C=O) groups is 2. The topological polar surface area (TPSA) is 71.3 Å². The van der Waals surface area contributed by atoms with Gasteiger partial charge in [0.25, 0.3) is 5.91 Å². The van der Waals surface area contributed by atoms with Gasteiger partial charge in [-0.05, 0) is 38.8 Å². The second kappa shape index (κ2) is 5.47. The van der Waals surface area contributed by atoms with Gasteiger partial charge in [0.05, 0.1) is 5.92 Å². The Bertz CT molecular complexity index is 479. The summed E-state index contributed by atoms with van der Waals surface area (Å²) in [4.78, 5) is 23.3. The molecule has 1 aliphatic carbocycles. The lowest BCUT2D eigenvalue weighted by atomic mass is 10.0. The Balaban J connectivity index is 2.09. The van der Waals surface area contributed by atoms with Gasteiger partial charge in [0.1, 0.15) is 5.69 Å². The Morgan fingerprint density at radius 1 is 1.42 bits per heavy atom. The van der Waals surface area contributed by atoms with Crippen LogP contribution in [0.3, 0.4) is 0 Å². The summed E-state index contributed by atoms with van der Waals surface area (Å²) in [5.41, 5.74) is 0.589. The number of nitrogens with one attached hydrogen (secondary N) is 1. The van der Waals surface area contributed by atoms with Gasteiger partial charge in [0.15, 0.2) is 0 Å². The van der Waals surface area contributed by atoms with Crippen LogP contribution in [0.25, 0.3) is 0 Å². The fourth-order valence-electron chi connectivity index (χ4n) is 2.71. The predicted molar refractivity (Wildman–Crippen MR) is 71.0 cm³/mol. The molecule has 1 aromatic rings. The molecule has 1 aliphatic rings.